The van der Waals surface area contributed by atoms with Gasteiger partial charge in [0.15, 0.2) is 0 Å². The molecule has 118 valence electrons. The van der Waals surface area contributed by atoms with Crippen molar-refractivity contribution < 1.29 is 9.84 Å². The summed E-state index contributed by atoms with van der Waals surface area (Å²) in [6.45, 7) is 12.8. The molecule has 0 saturated carbocycles. The monoisotopic (exact) mass is 298 g/mol. The highest BCUT2D eigenvalue weighted by atomic mass is 16.5. The van der Waals surface area contributed by atoms with E-state index in [0.29, 0.717) is 5.75 Å². The molecule has 0 heterocycles. The summed E-state index contributed by atoms with van der Waals surface area (Å²) in [5.74, 6) is 1.94. The molecule has 2 rings (SSSR count). The molecule has 2 heteroatoms. The maximum Gasteiger partial charge on any atom is 0.131 e. The number of phenols is 1. The van der Waals surface area contributed by atoms with E-state index in [1.54, 1.807) is 6.07 Å². The minimum absolute atomic E-state index is 0.133. The summed E-state index contributed by atoms with van der Waals surface area (Å²) in [6.07, 6.45) is 0. The first-order valence-electron chi connectivity index (χ1n) is 7.70. The molecule has 0 amide bonds. The molecule has 0 aliphatic carbocycles. The Balaban J connectivity index is 2.65. The van der Waals surface area contributed by atoms with Crippen LogP contribution in [0.2, 0.25) is 0 Å². The summed E-state index contributed by atoms with van der Waals surface area (Å²) < 4.78 is 6.12. The molecule has 0 bridgehead atoms. The fraction of sp³-hybridized carbons (Fsp3) is 0.400. The largest absolute Gasteiger partial charge is 0.508 e. The third-order valence-electron chi connectivity index (χ3n) is 3.62. The molecular formula is C20H26O2. The molecule has 0 spiro atoms. The maximum atomic E-state index is 10.4. The zero-order valence-corrected chi connectivity index (χ0v) is 14.4. The second-order valence-corrected chi connectivity index (χ2v) is 7.75. The number of aromatic hydroxyl groups is 1. The molecule has 22 heavy (non-hydrogen) atoms. The van der Waals surface area contributed by atoms with E-state index in [2.05, 4.69) is 41.5 Å². The highest BCUT2D eigenvalue weighted by Crippen LogP contribution is 2.45. The van der Waals surface area contributed by atoms with Crippen molar-refractivity contribution in [3.05, 3.63) is 53.6 Å². The first-order chi connectivity index (χ1) is 10.1. The topological polar surface area (TPSA) is 29.5 Å². The van der Waals surface area contributed by atoms with E-state index in [1.807, 2.05) is 36.4 Å². The summed E-state index contributed by atoms with van der Waals surface area (Å²) in [5, 5.41) is 10.4. The Labute approximate surface area is 133 Å². The van der Waals surface area contributed by atoms with Gasteiger partial charge in [-0.05, 0) is 35.1 Å². The number of para-hydroxylation sites is 1. The van der Waals surface area contributed by atoms with Crippen LogP contribution in [0.3, 0.4) is 0 Å². The van der Waals surface area contributed by atoms with Gasteiger partial charge in [-0.25, -0.2) is 0 Å². The molecule has 2 nitrogen and oxygen atoms in total. The third-order valence-corrected chi connectivity index (χ3v) is 3.62. The molecule has 0 aromatic heterocycles. The van der Waals surface area contributed by atoms with Gasteiger partial charge >= 0.3 is 0 Å². The van der Waals surface area contributed by atoms with Gasteiger partial charge in [-0.2, -0.15) is 0 Å². The summed E-state index contributed by atoms with van der Waals surface area (Å²) in [4.78, 5) is 0. The van der Waals surface area contributed by atoms with E-state index in [0.717, 1.165) is 22.6 Å². The Kier molecular flexibility index (Phi) is 4.23. The molecule has 0 aliphatic rings. The van der Waals surface area contributed by atoms with Gasteiger partial charge in [0.05, 0.1) is 0 Å². The van der Waals surface area contributed by atoms with Gasteiger partial charge in [-0.1, -0.05) is 59.7 Å². The van der Waals surface area contributed by atoms with Crippen LogP contribution in [0.5, 0.6) is 17.2 Å². The number of rotatable bonds is 2. The van der Waals surface area contributed by atoms with Crippen molar-refractivity contribution >= 4 is 0 Å². The second-order valence-electron chi connectivity index (χ2n) is 7.75. The van der Waals surface area contributed by atoms with Crippen LogP contribution in [-0.4, -0.2) is 5.11 Å². The Morgan fingerprint density at radius 2 is 1.27 bits per heavy atom. The first-order valence-corrected chi connectivity index (χ1v) is 7.70. The summed E-state index contributed by atoms with van der Waals surface area (Å²) in [7, 11) is 0. The van der Waals surface area contributed by atoms with Crippen molar-refractivity contribution in [2.45, 2.75) is 52.4 Å². The highest BCUT2D eigenvalue weighted by molar-refractivity contribution is 5.55. The maximum absolute atomic E-state index is 10.4. The zero-order chi connectivity index (χ0) is 16.5. The van der Waals surface area contributed by atoms with Gasteiger partial charge in [0, 0.05) is 11.1 Å². The van der Waals surface area contributed by atoms with Gasteiger partial charge in [-0.15, -0.1) is 0 Å². The summed E-state index contributed by atoms with van der Waals surface area (Å²) in [6, 6.07) is 13.3. The van der Waals surface area contributed by atoms with Crippen molar-refractivity contribution in [1.82, 2.24) is 0 Å². The number of benzene rings is 2. The SMILES string of the molecule is CC(C)(C)c1c(O)ccc(Oc2ccccc2)c1C(C)(C)C. The molecule has 0 unspecified atom stereocenters. The van der Waals surface area contributed by atoms with Crippen molar-refractivity contribution in [1.29, 1.82) is 0 Å². The van der Waals surface area contributed by atoms with E-state index in [4.69, 9.17) is 4.74 Å². The predicted molar refractivity (Wildman–Crippen MR) is 92.0 cm³/mol. The zero-order valence-electron chi connectivity index (χ0n) is 14.4. The van der Waals surface area contributed by atoms with Gasteiger partial charge in [0.25, 0.3) is 0 Å². The number of phenolic OH excluding ortho intramolecular Hbond substituents is 1. The van der Waals surface area contributed by atoms with Gasteiger partial charge in [0.1, 0.15) is 17.2 Å². The Bertz CT molecular complexity index is 644. The van der Waals surface area contributed by atoms with Crippen molar-refractivity contribution in [3.63, 3.8) is 0 Å². The lowest BCUT2D eigenvalue weighted by atomic mass is 9.74. The van der Waals surface area contributed by atoms with Gasteiger partial charge < -0.3 is 9.84 Å². The first kappa shape index (κ1) is 16.4. The van der Waals surface area contributed by atoms with Crippen LogP contribution in [0.1, 0.15) is 52.7 Å². The van der Waals surface area contributed by atoms with Crippen molar-refractivity contribution in [2.75, 3.05) is 0 Å². The lowest BCUT2D eigenvalue weighted by Crippen LogP contribution is -2.23. The molecule has 0 radical (unpaired) electrons. The van der Waals surface area contributed by atoms with E-state index in [9.17, 15) is 5.11 Å². The van der Waals surface area contributed by atoms with E-state index in [-0.39, 0.29) is 10.8 Å². The average Bonchev–Trinajstić information content (AvgIpc) is 2.39. The molecule has 0 saturated heterocycles. The molecule has 1 N–H and O–H groups in total. The van der Waals surface area contributed by atoms with Gasteiger partial charge in [0.2, 0.25) is 0 Å². The van der Waals surface area contributed by atoms with Crippen LogP contribution in [0.4, 0.5) is 0 Å². The third kappa shape index (κ3) is 3.44. The van der Waals surface area contributed by atoms with Crippen molar-refractivity contribution in [3.8, 4) is 17.2 Å². The van der Waals surface area contributed by atoms with Gasteiger partial charge in [-0.3, -0.25) is 0 Å². The van der Waals surface area contributed by atoms with Crippen LogP contribution < -0.4 is 4.74 Å². The standard InChI is InChI=1S/C20H26O2/c1-19(2,3)17-15(21)12-13-16(18(17)20(4,5)6)22-14-10-8-7-9-11-14/h7-13,21H,1-6H3. The molecule has 0 atom stereocenters. The smallest absolute Gasteiger partial charge is 0.131 e. The molecular weight excluding hydrogens is 272 g/mol. The van der Waals surface area contributed by atoms with Crippen LogP contribution in [0, 0.1) is 0 Å². The normalized spacial score (nSPS) is 12.3. The Morgan fingerprint density at radius 1 is 0.727 bits per heavy atom. The minimum Gasteiger partial charge on any atom is -0.508 e. The Morgan fingerprint density at radius 3 is 1.77 bits per heavy atom. The van der Waals surface area contributed by atoms with E-state index >= 15 is 0 Å². The second kappa shape index (κ2) is 5.68. The lowest BCUT2D eigenvalue weighted by Gasteiger charge is -2.32. The quantitative estimate of drug-likeness (QED) is 0.761. The molecule has 0 fully saturated rings. The number of ether oxygens (including phenoxy) is 1. The van der Waals surface area contributed by atoms with Crippen LogP contribution in [-0.2, 0) is 10.8 Å². The van der Waals surface area contributed by atoms with E-state index in [1.165, 1.54) is 0 Å². The number of hydrogen-bond acceptors (Lipinski definition) is 2. The minimum atomic E-state index is -0.164. The van der Waals surface area contributed by atoms with Crippen LogP contribution in [0.15, 0.2) is 42.5 Å². The average molecular weight is 298 g/mol. The predicted octanol–water partition coefficient (Wildman–Crippen LogP) is 5.78. The fourth-order valence-corrected chi connectivity index (χ4v) is 2.78. The summed E-state index contributed by atoms with van der Waals surface area (Å²) >= 11 is 0. The molecule has 0 aliphatic heterocycles. The number of hydrogen-bond donors (Lipinski definition) is 1. The van der Waals surface area contributed by atoms with E-state index < -0.39 is 0 Å². The van der Waals surface area contributed by atoms with Crippen LogP contribution in [0.25, 0.3) is 0 Å². The van der Waals surface area contributed by atoms with Crippen LogP contribution >= 0.6 is 0 Å². The summed E-state index contributed by atoms with van der Waals surface area (Å²) in [5.41, 5.74) is 1.71. The Hall–Kier alpha value is -1.96. The molecule has 2 aromatic carbocycles. The highest BCUT2D eigenvalue weighted by Gasteiger charge is 2.31. The van der Waals surface area contributed by atoms with Crippen molar-refractivity contribution in [2.24, 2.45) is 0 Å². The lowest BCUT2D eigenvalue weighted by molar-refractivity contribution is 0.414. The fourth-order valence-electron chi connectivity index (χ4n) is 2.78. The molecule has 2 aromatic rings.